The van der Waals surface area contributed by atoms with Crippen molar-refractivity contribution in [3.05, 3.63) is 29.1 Å². The molecule has 2 rings (SSSR count). The van der Waals surface area contributed by atoms with E-state index in [-0.39, 0.29) is 11.7 Å². The summed E-state index contributed by atoms with van der Waals surface area (Å²) < 4.78 is 5.32. The Labute approximate surface area is 117 Å². The molecule has 1 aliphatic rings. The minimum atomic E-state index is -0.986. The van der Waals surface area contributed by atoms with Crippen LogP contribution in [0, 0.1) is 0 Å². The van der Waals surface area contributed by atoms with Crippen LogP contribution in [0.1, 0.15) is 42.3 Å². The van der Waals surface area contributed by atoms with Crippen LogP contribution >= 0.6 is 0 Å². The van der Waals surface area contributed by atoms with Gasteiger partial charge in [-0.15, -0.1) is 0 Å². The first-order valence-corrected chi connectivity index (χ1v) is 6.45. The molecule has 1 aliphatic heterocycles. The fourth-order valence-electron chi connectivity index (χ4n) is 2.16. The molecule has 0 aliphatic carbocycles. The number of carbonyl (C=O) groups excluding carboxylic acids is 1. The summed E-state index contributed by atoms with van der Waals surface area (Å²) in [6, 6.07) is 0. The highest BCUT2D eigenvalue weighted by molar-refractivity contribution is 5.89. The van der Waals surface area contributed by atoms with Gasteiger partial charge in [-0.3, -0.25) is 4.98 Å². The summed E-state index contributed by atoms with van der Waals surface area (Å²) in [4.78, 5) is 28.6. The molecule has 6 heteroatoms. The van der Waals surface area contributed by atoms with Gasteiger partial charge in [0, 0.05) is 18.9 Å². The number of carbonyl (C=O) groups is 2. The summed E-state index contributed by atoms with van der Waals surface area (Å²) in [5.41, 5.74) is 1.19. The zero-order chi connectivity index (χ0) is 14.9. The smallest absolute Gasteiger partial charge is 0.410 e. The number of hydrogen-bond donors (Lipinski definition) is 1. The molecule has 0 unspecified atom stereocenters. The Morgan fingerprint density at radius 2 is 2.05 bits per heavy atom. The number of pyridine rings is 1. The average Bonchev–Trinajstić information content (AvgIpc) is 2.35. The van der Waals surface area contributed by atoms with Crippen LogP contribution in [0.2, 0.25) is 0 Å². The van der Waals surface area contributed by atoms with Crippen LogP contribution in [0.5, 0.6) is 0 Å². The Morgan fingerprint density at radius 3 is 2.65 bits per heavy atom. The van der Waals surface area contributed by atoms with Gasteiger partial charge in [0.2, 0.25) is 0 Å². The van der Waals surface area contributed by atoms with Gasteiger partial charge in [-0.1, -0.05) is 0 Å². The zero-order valence-electron chi connectivity index (χ0n) is 11.8. The first-order chi connectivity index (χ1) is 9.28. The summed E-state index contributed by atoms with van der Waals surface area (Å²) in [5, 5.41) is 9.12. The molecule has 0 atom stereocenters. The van der Waals surface area contributed by atoms with Crippen molar-refractivity contribution in [2.24, 2.45) is 0 Å². The second-order valence-corrected chi connectivity index (χ2v) is 5.78. The summed E-state index contributed by atoms with van der Waals surface area (Å²) in [6.45, 7) is 6.22. The molecule has 6 nitrogen and oxygen atoms in total. The zero-order valence-corrected chi connectivity index (χ0v) is 11.8. The van der Waals surface area contributed by atoms with Crippen molar-refractivity contribution in [3.8, 4) is 0 Å². The minimum absolute atomic E-state index is 0.214. The number of carboxylic acids is 1. The molecule has 1 aromatic rings. The molecule has 2 heterocycles. The van der Waals surface area contributed by atoms with Crippen LogP contribution in [0.4, 0.5) is 4.79 Å². The molecule has 0 saturated heterocycles. The molecule has 0 saturated carbocycles. The first kappa shape index (κ1) is 14.3. The molecular formula is C14H18N2O4. The lowest BCUT2D eigenvalue weighted by Crippen LogP contribution is -2.40. The van der Waals surface area contributed by atoms with Gasteiger partial charge in [-0.05, 0) is 38.3 Å². The van der Waals surface area contributed by atoms with E-state index in [2.05, 4.69) is 4.98 Å². The Kier molecular flexibility index (Phi) is 3.65. The average molecular weight is 278 g/mol. The molecule has 0 spiro atoms. The number of rotatable bonds is 1. The lowest BCUT2D eigenvalue weighted by atomic mass is 9.97. The topological polar surface area (TPSA) is 79.7 Å². The molecule has 0 bridgehead atoms. The van der Waals surface area contributed by atoms with Gasteiger partial charge in [-0.25, -0.2) is 9.59 Å². The van der Waals surface area contributed by atoms with Gasteiger partial charge >= 0.3 is 12.1 Å². The number of amides is 1. The summed E-state index contributed by atoms with van der Waals surface area (Å²) in [7, 11) is 0. The maximum Gasteiger partial charge on any atom is 0.410 e. The Hall–Kier alpha value is -2.11. The van der Waals surface area contributed by atoms with Crippen molar-refractivity contribution < 1.29 is 19.4 Å². The second kappa shape index (κ2) is 5.11. The Balaban J connectivity index is 2.18. The predicted molar refractivity (Wildman–Crippen MR) is 71.5 cm³/mol. The van der Waals surface area contributed by atoms with Crippen molar-refractivity contribution in [1.82, 2.24) is 9.88 Å². The number of hydrogen-bond acceptors (Lipinski definition) is 4. The normalized spacial score (nSPS) is 14.7. The van der Waals surface area contributed by atoms with E-state index in [4.69, 9.17) is 9.84 Å². The quantitative estimate of drug-likeness (QED) is 0.850. The van der Waals surface area contributed by atoms with E-state index in [1.165, 1.54) is 6.20 Å². The maximum atomic E-state index is 12.0. The van der Waals surface area contributed by atoms with E-state index in [0.29, 0.717) is 19.5 Å². The van der Waals surface area contributed by atoms with E-state index in [1.807, 2.05) is 20.8 Å². The molecule has 0 aromatic carbocycles. The molecule has 108 valence electrons. The number of aromatic nitrogens is 1. The van der Waals surface area contributed by atoms with Crippen LogP contribution in [0.15, 0.2) is 12.4 Å². The first-order valence-electron chi connectivity index (χ1n) is 6.45. The summed E-state index contributed by atoms with van der Waals surface area (Å²) >= 11 is 0. The molecule has 1 amide bonds. The molecule has 1 N–H and O–H groups in total. The number of aromatic carboxylic acids is 1. The van der Waals surface area contributed by atoms with Crippen molar-refractivity contribution in [1.29, 1.82) is 0 Å². The van der Waals surface area contributed by atoms with Crippen LogP contribution in [0.25, 0.3) is 0 Å². The highest BCUT2D eigenvalue weighted by atomic mass is 16.6. The lowest BCUT2D eigenvalue weighted by molar-refractivity contribution is 0.0223. The van der Waals surface area contributed by atoms with E-state index in [0.717, 1.165) is 11.1 Å². The summed E-state index contributed by atoms with van der Waals surface area (Å²) in [5.74, 6) is -0.986. The third kappa shape index (κ3) is 3.07. The van der Waals surface area contributed by atoms with Crippen LogP contribution < -0.4 is 0 Å². The third-order valence-electron chi connectivity index (χ3n) is 3.02. The highest BCUT2D eigenvalue weighted by Gasteiger charge is 2.27. The van der Waals surface area contributed by atoms with Crippen LogP contribution in [-0.4, -0.2) is 39.2 Å². The monoisotopic (exact) mass is 278 g/mol. The van der Waals surface area contributed by atoms with E-state index >= 15 is 0 Å². The molecule has 0 fully saturated rings. The minimum Gasteiger partial charge on any atom is -0.478 e. The van der Waals surface area contributed by atoms with Gasteiger partial charge in [0.25, 0.3) is 0 Å². The van der Waals surface area contributed by atoms with Gasteiger partial charge in [0.1, 0.15) is 5.60 Å². The predicted octanol–water partition coefficient (Wildman–Crippen LogP) is 2.07. The number of ether oxygens (including phenoxy) is 1. The molecule has 0 radical (unpaired) electrons. The fraction of sp³-hybridized carbons (Fsp3) is 0.500. The van der Waals surface area contributed by atoms with E-state index in [1.54, 1.807) is 11.1 Å². The van der Waals surface area contributed by atoms with E-state index < -0.39 is 11.6 Å². The van der Waals surface area contributed by atoms with Crippen molar-refractivity contribution in [3.63, 3.8) is 0 Å². The molecule has 20 heavy (non-hydrogen) atoms. The maximum absolute atomic E-state index is 12.0. The van der Waals surface area contributed by atoms with Crippen molar-refractivity contribution >= 4 is 12.1 Å². The molecule has 1 aromatic heterocycles. The third-order valence-corrected chi connectivity index (χ3v) is 3.02. The fourth-order valence-corrected chi connectivity index (χ4v) is 2.16. The van der Waals surface area contributed by atoms with Crippen LogP contribution in [-0.2, 0) is 17.7 Å². The second-order valence-electron chi connectivity index (χ2n) is 5.78. The standard InChI is InChI=1S/C14H18N2O4/c1-14(2,3)20-13(19)16-5-4-10-9(8-16)6-15-7-11(10)12(17)18/h6-7H,4-5,8H2,1-3H3,(H,17,18). The summed E-state index contributed by atoms with van der Waals surface area (Å²) in [6.07, 6.45) is 3.07. The SMILES string of the molecule is CC(C)(C)OC(=O)N1CCc2c(cncc2C(=O)O)C1. The largest absolute Gasteiger partial charge is 0.478 e. The van der Waals surface area contributed by atoms with Gasteiger partial charge in [0.15, 0.2) is 0 Å². The number of carboxylic acid groups (broad SMARTS) is 1. The van der Waals surface area contributed by atoms with Crippen LogP contribution in [0.3, 0.4) is 0 Å². The number of nitrogens with zero attached hydrogens (tertiary/aromatic N) is 2. The van der Waals surface area contributed by atoms with Gasteiger partial charge in [0.05, 0.1) is 12.1 Å². The van der Waals surface area contributed by atoms with Gasteiger partial charge in [-0.2, -0.15) is 0 Å². The molecular weight excluding hydrogens is 260 g/mol. The Bertz CT molecular complexity index is 549. The van der Waals surface area contributed by atoms with E-state index in [9.17, 15) is 9.59 Å². The highest BCUT2D eigenvalue weighted by Crippen LogP contribution is 2.23. The van der Waals surface area contributed by atoms with Crippen molar-refractivity contribution in [2.45, 2.75) is 39.3 Å². The lowest BCUT2D eigenvalue weighted by Gasteiger charge is -2.31. The van der Waals surface area contributed by atoms with Gasteiger partial charge < -0.3 is 14.7 Å². The number of fused-ring (bicyclic) bond motifs is 1. The Morgan fingerprint density at radius 1 is 1.35 bits per heavy atom. The van der Waals surface area contributed by atoms with Crippen molar-refractivity contribution in [2.75, 3.05) is 6.54 Å².